The van der Waals surface area contributed by atoms with Crippen molar-refractivity contribution >= 4 is 47.0 Å². The Hall–Kier alpha value is -2.08. The molecule has 0 atom stereocenters. The van der Waals surface area contributed by atoms with Crippen molar-refractivity contribution < 1.29 is 19.1 Å². The minimum absolute atomic E-state index is 0.255. The van der Waals surface area contributed by atoms with E-state index in [9.17, 15) is 9.59 Å². The lowest BCUT2D eigenvalue weighted by Crippen LogP contribution is -2.53. The largest absolute Gasteiger partial charge is 0.433 e. The molecule has 0 bridgehead atoms. The van der Waals surface area contributed by atoms with E-state index in [0.29, 0.717) is 68.4 Å². The summed E-state index contributed by atoms with van der Waals surface area (Å²) < 4.78 is 11.0. The van der Waals surface area contributed by atoms with Gasteiger partial charge in [0, 0.05) is 45.8 Å². The molecule has 2 aliphatic heterocycles. The molecule has 11 nitrogen and oxygen atoms in total. The van der Waals surface area contributed by atoms with E-state index in [1.165, 1.54) is 0 Å². The van der Waals surface area contributed by atoms with Crippen LogP contribution in [0.25, 0.3) is 0 Å². The predicted octanol–water partition coefficient (Wildman–Crippen LogP) is 2.61. The number of nitrogens with one attached hydrogen (secondary N) is 1. The Morgan fingerprint density at radius 1 is 1.11 bits per heavy atom. The average Bonchev–Trinajstić information content (AvgIpc) is 2.91. The number of anilines is 2. The quantitative estimate of drug-likeness (QED) is 0.463. The summed E-state index contributed by atoms with van der Waals surface area (Å²) in [6.07, 6.45) is 3.11. The molecule has 37 heavy (non-hydrogen) atoms. The van der Waals surface area contributed by atoms with Crippen molar-refractivity contribution in [2.45, 2.75) is 44.6 Å². The Morgan fingerprint density at radius 3 is 2.41 bits per heavy atom. The number of hydrogen-bond acceptors (Lipinski definition) is 9. The summed E-state index contributed by atoms with van der Waals surface area (Å²) in [7, 11) is 0. The first-order valence-corrected chi connectivity index (χ1v) is 13.9. The summed E-state index contributed by atoms with van der Waals surface area (Å²) >= 11 is 12.6. The fourth-order valence-corrected chi connectivity index (χ4v) is 5.58. The van der Waals surface area contributed by atoms with Crippen LogP contribution in [0.4, 0.5) is 16.6 Å². The van der Waals surface area contributed by atoms with E-state index >= 15 is 0 Å². The van der Waals surface area contributed by atoms with E-state index in [2.05, 4.69) is 25.1 Å². The monoisotopic (exact) mass is 557 g/mol. The summed E-state index contributed by atoms with van der Waals surface area (Å²) in [4.78, 5) is 39.8. The van der Waals surface area contributed by atoms with Gasteiger partial charge >= 0.3 is 6.09 Å². The molecule has 0 unspecified atom stereocenters. The van der Waals surface area contributed by atoms with Gasteiger partial charge in [-0.25, -0.2) is 4.79 Å². The molecule has 13 heteroatoms. The topological polar surface area (TPSA) is 126 Å². The zero-order chi connectivity index (χ0) is 26.4. The second kappa shape index (κ2) is 12.6. The van der Waals surface area contributed by atoms with Crippen molar-refractivity contribution in [2.75, 3.05) is 75.8 Å². The van der Waals surface area contributed by atoms with Crippen LogP contribution in [0.1, 0.15) is 39.0 Å². The minimum Gasteiger partial charge on any atom is -0.433 e. The maximum Gasteiger partial charge on any atom is 0.410 e. The SMILES string of the molecule is CCNc1nc(Cl)c(Cl)c(N2CCN(CCC3CCC(OC(=O)N4CCOCC4)(C(N)=O)CC3)CC2)n1. The van der Waals surface area contributed by atoms with Gasteiger partial charge in [-0.05, 0) is 51.5 Å². The molecule has 1 aliphatic carbocycles. The van der Waals surface area contributed by atoms with E-state index in [1.54, 1.807) is 4.90 Å². The molecule has 3 heterocycles. The number of primary amides is 1. The lowest BCUT2D eigenvalue weighted by molar-refractivity contribution is -0.143. The number of hydrogen-bond donors (Lipinski definition) is 2. The first-order valence-electron chi connectivity index (χ1n) is 13.1. The first kappa shape index (κ1) is 27.9. The van der Waals surface area contributed by atoms with Crippen molar-refractivity contribution in [1.82, 2.24) is 19.8 Å². The third kappa shape index (κ3) is 6.87. The highest BCUT2D eigenvalue weighted by atomic mass is 35.5. The summed E-state index contributed by atoms with van der Waals surface area (Å²) in [5.74, 6) is 1.06. The lowest BCUT2D eigenvalue weighted by atomic mass is 9.77. The second-order valence-corrected chi connectivity index (χ2v) is 10.6. The first-order chi connectivity index (χ1) is 17.8. The fourth-order valence-electron chi connectivity index (χ4n) is 5.21. The number of amides is 2. The van der Waals surface area contributed by atoms with Crippen LogP contribution in [0.3, 0.4) is 0 Å². The van der Waals surface area contributed by atoms with Gasteiger partial charge in [-0.3, -0.25) is 9.69 Å². The maximum absolute atomic E-state index is 12.6. The van der Waals surface area contributed by atoms with Crippen molar-refractivity contribution in [2.24, 2.45) is 11.7 Å². The molecule has 3 fully saturated rings. The number of morpholine rings is 1. The van der Waals surface area contributed by atoms with E-state index in [4.69, 9.17) is 38.4 Å². The highest BCUT2D eigenvalue weighted by molar-refractivity contribution is 6.42. The second-order valence-electron chi connectivity index (χ2n) is 9.89. The molecule has 2 amide bonds. The minimum atomic E-state index is -1.21. The van der Waals surface area contributed by atoms with Crippen molar-refractivity contribution in [3.05, 3.63) is 10.2 Å². The highest BCUT2D eigenvalue weighted by Crippen LogP contribution is 2.37. The summed E-state index contributed by atoms with van der Waals surface area (Å²) in [5.41, 5.74) is 4.51. The standard InChI is InChI=1S/C24H37Cl2N7O4/c1-2-28-22-29-19(26)18(25)20(30-22)32-11-9-31(10-12-32)8-5-17-3-6-24(7-4-17,21(27)34)37-23(35)33-13-15-36-16-14-33/h17H,2-16H2,1H3,(H2,27,34)(H,28,29,30). The smallest absolute Gasteiger partial charge is 0.410 e. The molecule has 4 rings (SSSR count). The maximum atomic E-state index is 12.6. The van der Waals surface area contributed by atoms with Gasteiger partial charge in [0.15, 0.2) is 16.6 Å². The summed E-state index contributed by atoms with van der Waals surface area (Å²) in [6.45, 7) is 8.91. The molecule has 3 aliphatic rings. The number of ether oxygens (including phenoxy) is 2. The van der Waals surface area contributed by atoms with E-state index in [-0.39, 0.29) is 5.15 Å². The molecular formula is C24H37Cl2N7O4. The van der Waals surface area contributed by atoms with Crippen LogP contribution in [-0.4, -0.2) is 103 Å². The number of carbonyl (C=O) groups excluding carboxylic acids is 2. The molecule has 1 saturated carbocycles. The Bertz CT molecular complexity index is 947. The van der Waals surface area contributed by atoms with Gasteiger partial charge in [-0.15, -0.1) is 0 Å². The lowest BCUT2D eigenvalue weighted by Gasteiger charge is -2.40. The van der Waals surface area contributed by atoms with Crippen molar-refractivity contribution in [3.8, 4) is 0 Å². The Balaban J connectivity index is 1.23. The Morgan fingerprint density at radius 2 is 1.78 bits per heavy atom. The number of aromatic nitrogens is 2. The molecule has 2 saturated heterocycles. The normalized spacial score (nSPS) is 25.1. The summed E-state index contributed by atoms with van der Waals surface area (Å²) in [5, 5.41) is 3.73. The van der Waals surface area contributed by atoms with Crippen LogP contribution < -0.4 is 16.0 Å². The number of rotatable bonds is 8. The summed E-state index contributed by atoms with van der Waals surface area (Å²) in [6, 6.07) is 0. The van der Waals surface area contributed by atoms with Gasteiger partial charge in [0.1, 0.15) is 5.02 Å². The molecule has 3 N–H and O–H groups in total. The van der Waals surface area contributed by atoms with Gasteiger partial charge in [0.2, 0.25) is 5.95 Å². The van der Waals surface area contributed by atoms with Gasteiger partial charge in [-0.2, -0.15) is 9.97 Å². The average molecular weight is 559 g/mol. The van der Waals surface area contributed by atoms with E-state index < -0.39 is 17.6 Å². The van der Waals surface area contributed by atoms with Crippen molar-refractivity contribution in [3.63, 3.8) is 0 Å². The molecule has 1 aromatic rings. The van der Waals surface area contributed by atoms with Crippen LogP contribution in [0, 0.1) is 5.92 Å². The molecular weight excluding hydrogens is 521 g/mol. The van der Waals surface area contributed by atoms with Crippen LogP contribution in [0.15, 0.2) is 0 Å². The number of piperazine rings is 1. The zero-order valence-corrected chi connectivity index (χ0v) is 22.9. The van der Waals surface area contributed by atoms with Gasteiger partial charge in [0.25, 0.3) is 5.91 Å². The molecule has 1 aromatic heterocycles. The van der Waals surface area contributed by atoms with E-state index in [0.717, 1.165) is 52.0 Å². The van der Waals surface area contributed by atoms with Crippen LogP contribution >= 0.6 is 23.2 Å². The Labute approximate surface area is 227 Å². The third-order valence-corrected chi connectivity index (χ3v) is 8.29. The van der Waals surface area contributed by atoms with Crippen LogP contribution in [-0.2, 0) is 14.3 Å². The number of nitrogens with zero attached hydrogens (tertiary/aromatic N) is 5. The number of carbonyl (C=O) groups is 2. The van der Waals surface area contributed by atoms with Crippen LogP contribution in [0.2, 0.25) is 10.2 Å². The molecule has 0 aromatic carbocycles. The van der Waals surface area contributed by atoms with E-state index in [1.807, 2.05) is 6.92 Å². The third-order valence-electron chi connectivity index (χ3n) is 7.57. The van der Waals surface area contributed by atoms with Gasteiger partial charge in [-0.1, -0.05) is 23.2 Å². The molecule has 0 radical (unpaired) electrons. The highest BCUT2D eigenvalue weighted by Gasteiger charge is 2.45. The molecule has 0 spiro atoms. The fraction of sp³-hybridized carbons (Fsp3) is 0.750. The zero-order valence-electron chi connectivity index (χ0n) is 21.4. The number of halogens is 2. The predicted molar refractivity (Wildman–Crippen MR) is 142 cm³/mol. The van der Waals surface area contributed by atoms with Crippen LogP contribution in [0.5, 0.6) is 0 Å². The van der Waals surface area contributed by atoms with Gasteiger partial charge in [0.05, 0.1) is 13.2 Å². The molecule has 206 valence electrons. The Kier molecular flexibility index (Phi) is 9.55. The van der Waals surface area contributed by atoms with Gasteiger partial charge < -0.3 is 30.3 Å². The van der Waals surface area contributed by atoms with Crippen molar-refractivity contribution in [1.29, 1.82) is 0 Å². The number of nitrogens with two attached hydrogens (primary N) is 1.